The molecule has 0 aliphatic carbocycles. The number of carbonyl (C=O) groups excluding carboxylic acids is 1. The standard InChI is InChI=1S/C11H12N2O4/c1-17-6-2-3-7-8(4-6)13-11(16)10(7)12-5-9(14)15/h2-4,10,12H,5H2,1H3,(H,13,16)(H,14,15). The Hall–Kier alpha value is -2.08. The van der Waals surface area contributed by atoms with E-state index in [9.17, 15) is 9.59 Å². The van der Waals surface area contributed by atoms with E-state index in [2.05, 4.69) is 10.6 Å². The fraction of sp³-hybridized carbons (Fsp3) is 0.273. The van der Waals surface area contributed by atoms with Crippen molar-refractivity contribution in [1.29, 1.82) is 0 Å². The number of methoxy groups -OCH3 is 1. The van der Waals surface area contributed by atoms with E-state index >= 15 is 0 Å². The molecule has 3 N–H and O–H groups in total. The number of hydrogen-bond acceptors (Lipinski definition) is 4. The van der Waals surface area contributed by atoms with Crippen LogP contribution in [-0.2, 0) is 9.59 Å². The van der Waals surface area contributed by atoms with Crippen LogP contribution in [-0.4, -0.2) is 30.6 Å². The highest BCUT2D eigenvalue weighted by Crippen LogP contribution is 2.33. The Kier molecular flexibility index (Phi) is 2.97. The molecule has 1 amide bonds. The van der Waals surface area contributed by atoms with Crippen LogP contribution in [0.2, 0.25) is 0 Å². The van der Waals surface area contributed by atoms with Gasteiger partial charge in [-0.2, -0.15) is 0 Å². The molecule has 17 heavy (non-hydrogen) atoms. The van der Waals surface area contributed by atoms with Gasteiger partial charge in [0.15, 0.2) is 0 Å². The first-order valence-corrected chi connectivity index (χ1v) is 5.06. The SMILES string of the molecule is COc1ccc2c(c1)NC(=O)C2NCC(=O)O. The summed E-state index contributed by atoms with van der Waals surface area (Å²) in [7, 11) is 1.54. The van der Waals surface area contributed by atoms with E-state index in [0.29, 0.717) is 11.4 Å². The number of benzene rings is 1. The minimum atomic E-state index is -1.00. The van der Waals surface area contributed by atoms with Gasteiger partial charge in [0.05, 0.1) is 13.7 Å². The molecule has 1 aliphatic heterocycles. The number of hydrogen-bond donors (Lipinski definition) is 3. The topological polar surface area (TPSA) is 87.7 Å². The largest absolute Gasteiger partial charge is 0.497 e. The van der Waals surface area contributed by atoms with Gasteiger partial charge in [-0.05, 0) is 6.07 Å². The molecule has 0 saturated carbocycles. The smallest absolute Gasteiger partial charge is 0.317 e. The zero-order chi connectivity index (χ0) is 12.4. The summed E-state index contributed by atoms with van der Waals surface area (Å²) >= 11 is 0. The molecule has 6 nitrogen and oxygen atoms in total. The van der Waals surface area contributed by atoms with Crippen LogP contribution in [0.5, 0.6) is 5.75 Å². The van der Waals surface area contributed by atoms with E-state index in [4.69, 9.17) is 9.84 Å². The average molecular weight is 236 g/mol. The Morgan fingerprint density at radius 2 is 2.35 bits per heavy atom. The van der Waals surface area contributed by atoms with Gasteiger partial charge in [0.25, 0.3) is 0 Å². The molecular formula is C11H12N2O4. The predicted molar refractivity (Wildman–Crippen MR) is 60.0 cm³/mol. The van der Waals surface area contributed by atoms with Crippen LogP contribution in [0.3, 0.4) is 0 Å². The van der Waals surface area contributed by atoms with Crippen LogP contribution in [0.25, 0.3) is 0 Å². The fourth-order valence-electron chi connectivity index (χ4n) is 1.76. The Labute approximate surface area is 97.6 Å². The lowest BCUT2D eigenvalue weighted by Crippen LogP contribution is -2.31. The predicted octanol–water partition coefficient (Wildman–Crippen LogP) is 0.363. The summed E-state index contributed by atoms with van der Waals surface area (Å²) in [4.78, 5) is 22.1. The maximum atomic E-state index is 11.6. The first-order valence-electron chi connectivity index (χ1n) is 5.06. The van der Waals surface area contributed by atoms with Crippen LogP contribution >= 0.6 is 0 Å². The molecule has 0 fully saturated rings. The van der Waals surface area contributed by atoms with Crippen molar-refractivity contribution in [1.82, 2.24) is 5.32 Å². The number of amides is 1. The molecule has 1 heterocycles. The first kappa shape index (κ1) is 11.4. The molecule has 2 rings (SSSR count). The highest BCUT2D eigenvalue weighted by atomic mass is 16.5. The molecule has 1 aromatic carbocycles. The summed E-state index contributed by atoms with van der Waals surface area (Å²) in [5.74, 6) is -0.614. The van der Waals surface area contributed by atoms with Crippen LogP contribution in [0, 0.1) is 0 Å². The van der Waals surface area contributed by atoms with Crippen molar-refractivity contribution in [3.63, 3.8) is 0 Å². The maximum Gasteiger partial charge on any atom is 0.317 e. The summed E-state index contributed by atoms with van der Waals surface area (Å²) in [6.45, 7) is -0.260. The lowest BCUT2D eigenvalue weighted by Gasteiger charge is -2.09. The van der Waals surface area contributed by atoms with Crippen molar-refractivity contribution in [2.24, 2.45) is 0 Å². The third-order valence-corrected chi connectivity index (χ3v) is 2.55. The van der Waals surface area contributed by atoms with Gasteiger partial charge in [0, 0.05) is 17.3 Å². The van der Waals surface area contributed by atoms with E-state index < -0.39 is 12.0 Å². The van der Waals surface area contributed by atoms with Gasteiger partial charge >= 0.3 is 5.97 Å². The molecule has 90 valence electrons. The second kappa shape index (κ2) is 4.42. The summed E-state index contributed by atoms with van der Waals surface area (Å²) < 4.78 is 5.04. The fourth-order valence-corrected chi connectivity index (χ4v) is 1.76. The average Bonchev–Trinajstić information content (AvgIpc) is 2.60. The van der Waals surface area contributed by atoms with Crippen molar-refractivity contribution in [2.75, 3.05) is 19.0 Å². The summed E-state index contributed by atoms with van der Waals surface area (Å²) in [6, 6.07) is 4.56. The van der Waals surface area contributed by atoms with Crippen LogP contribution in [0.4, 0.5) is 5.69 Å². The Bertz CT molecular complexity index is 473. The van der Waals surface area contributed by atoms with Crippen LogP contribution < -0.4 is 15.4 Å². The van der Waals surface area contributed by atoms with Gasteiger partial charge in [-0.1, -0.05) is 6.07 Å². The number of fused-ring (bicyclic) bond motifs is 1. The number of carboxylic acids is 1. The number of carboxylic acid groups (broad SMARTS) is 1. The van der Waals surface area contributed by atoms with Crippen molar-refractivity contribution in [2.45, 2.75) is 6.04 Å². The first-order chi connectivity index (χ1) is 8.11. The molecule has 6 heteroatoms. The van der Waals surface area contributed by atoms with E-state index in [-0.39, 0.29) is 12.5 Å². The second-order valence-corrected chi connectivity index (χ2v) is 3.65. The van der Waals surface area contributed by atoms with Crippen molar-refractivity contribution in [3.8, 4) is 5.75 Å². The molecule has 0 aromatic heterocycles. The molecule has 1 atom stereocenters. The van der Waals surface area contributed by atoms with Gasteiger partial charge in [0.2, 0.25) is 5.91 Å². The summed E-state index contributed by atoms with van der Waals surface area (Å²) in [5, 5.41) is 13.9. The molecule has 0 bridgehead atoms. The van der Waals surface area contributed by atoms with Gasteiger partial charge in [-0.25, -0.2) is 0 Å². The maximum absolute atomic E-state index is 11.6. The van der Waals surface area contributed by atoms with Crippen LogP contribution in [0.1, 0.15) is 11.6 Å². The highest BCUT2D eigenvalue weighted by Gasteiger charge is 2.30. The van der Waals surface area contributed by atoms with E-state index in [1.165, 1.54) is 0 Å². The Morgan fingerprint density at radius 1 is 1.59 bits per heavy atom. The van der Waals surface area contributed by atoms with Crippen LogP contribution in [0.15, 0.2) is 18.2 Å². The monoisotopic (exact) mass is 236 g/mol. The number of aliphatic carboxylic acids is 1. The molecule has 0 radical (unpaired) electrons. The number of anilines is 1. The van der Waals surface area contributed by atoms with E-state index in [1.807, 2.05) is 0 Å². The minimum Gasteiger partial charge on any atom is -0.497 e. The summed E-state index contributed by atoms with van der Waals surface area (Å²) in [5.41, 5.74) is 1.38. The normalized spacial score (nSPS) is 17.5. The molecule has 0 spiro atoms. The van der Waals surface area contributed by atoms with Gasteiger partial charge in [-0.15, -0.1) is 0 Å². The highest BCUT2D eigenvalue weighted by molar-refractivity contribution is 6.03. The minimum absolute atomic E-state index is 0.255. The van der Waals surface area contributed by atoms with Gasteiger partial charge in [-0.3, -0.25) is 14.9 Å². The molecule has 0 saturated heterocycles. The van der Waals surface area contributed by atoms with Crippen molar-refractivity contribution < 1.29 is 19.4 Å². The number of carbonyl (C=O) groups is 2. The number of nitrogens with one attached hydrogen (secondary N) is 2. The third kappa shape index (κ3) is 2.21. The Morgan fingerprint density at radius 3 is 3.00 bits per heavy atom. The van der Waals surface area contributed by atoms with Crippen molar-refractivity contribution in [3.05, 3.63) is 23.8 Å². The zero-order valence-corrected chi connectivity index (χ0v) is 9.19. The number of ether oxygens (including phenoxy) is 1. The number of rotatable bonds is 4. The lowest BCUT2D eigenvalue weighted by atomic mass is 10.1. The van der Waals surface area contributed by atoms with E-state index in [0.717, 1.165) is 5.56 Å². The third-order valence-electron chi connectivity index (χ3n) is 2.55. The zero-order valence-electron chi connectivity index (χ0n) is 9.19. The lowest BCUT2D eigenvalue weighted by molar-refractivity contribution is -0.136. The van der Waals surface area contributed by atoms with Gasteiger partial charge < -0.3 is 15.2 Å². The molecule has 1 aliphatic rings. The molecular weight excluding hydrogens is 224 g/mol. The second-order valence-electron chi connectivity index (χ2n) is 3.65. The molecule has 1 aromatic rings. The van der Waals surface area contributed by atoms with Crippen molar-refractivity contribution >= 4 is 17.6 Å². The Balaban J connectivity index is 2.22. The van der Waals surface area contributed by atoms with E-state index in [1.54, 1.807) is 25.3 Å². The quantitative estimate of drug-likeness (QED) is 0.702. The van der Waals surface area contributed by atoms with Gasteiger partial charge in [0.1, 0.15) is 11.8 Å². The molecule has 1 unspecified atom stereocenters. The summed E-state index contributed by atoms with van der Waals surface area (Å²) in [6.07, 6.45) is 0.